The molecule has 0 amide bonds. The number of halogens is 3. The molecule has 154 valence electrons. The number of benzene rings is 3. The van der Waals surface area contributed by atoms with Crippen LogP contribution in [0.3, 0.4) is 0 Å². The molecule has 0 radical (unpaired) electrons. The van der Waals surface area contributed by atoms with E-state index in [-0.39, 0.29) is 11.5 Å². The van der Waals surface area contributed by atoms with Crippen LogP contribution in [-0.4, -0.2) is 15.2 Å². The van der Waals surface area contributed by atoms with Gasteiger partial charge < -0.3 is 10.2 Å². The summed E-state index contributed by atoms with van der Waals surface area (Å²) in [6.45, 7) is 0. The van der Waals surface area contributed by atoms with Gasteiger partial charge in [0.15, 0.2) is 0 Å². The zero-order valence-corrected chi connectivity index (χ0v) is 16.1. The maximum atomic E-state index is 13.0. The SMILES string of the molecule is Oc1ccc2c(c1)-c1nc(-c3ccc(C(F)(F)F)cc3)cc(-c3ccccc3O)c1C2. The lowest BCUT2D eigenvalue weighted by Crippen LogP contribution is -2.04. The Labute approximate surface area is 176 Å². The molecular weight excluding hydrogens is 403 g/mol. The largest absolute Gasteiger partial charge is 0.508 e. The molecule has 0 spiro atoms. The number of rotatable bonds is 2. The van der Waals surface area contributed by atoms with Gasteiger partial charge in [-0.15, -0.1) is 0 Å². The molecule has 0 fully saturated rings. The van der Waals surface area contributed by atoms with Crippen LogP contribution in [0.2, 0.25) is 0 Å². The van der Waals surface area contributed by atoms with Crippen molar-refractivity contribution in [3.8, 4) is 45.1 Å². The van der Waals surface area contributed by atoms with E-state index in [1.807, 2.05) is 12.1 Å². The van der Waals surface area contributed by atoms with E-state index in [1.54, 1.807) is 36.4 Å². The first-order valence-corrected chi connectivity index (χ1v) is 9.63. The molecule has 4 aromatic rings. The molecule has 1 aromatic heterocycles. The lowest BCUT2D eigenvalue weighted by atomic mass is 9.95. The summed E-state index contributed by atoms with van der Waals surface area (Å²) >= 11 is 0. The number of hydrogen-bond donors (Lipinski definition) is 2. The Balaban J connectivity index is 1.73. The third-order valence-corrected chi connectivity index (χ3v) is 5.54. The number of pyridine rings is 1. The van der Waals surface area contributed by atoms with E-state index in [9.17, 15) is 23.4 Å². The van der Waals surface area contributed by atoms with Gasteiger partial charge in [0.1, 0.15) is 11.5 Å². The van der Waals surface area contributed by atoms with Crippen LogP contribution in [0.1, 0.15) is 16.7 Å². The van der Waals surface area contributed by atoms with Crippen molar-refractivity contribution in [1.29, 1.82) is 0 Å². The molecule has 3 aromatic carbocycles. The second kappa shape index (κ2) is 6.87. The molecular formula is C25H16F3NO2. The Hall–Kier alpha value is -3.80. The number of phenols is 2. The lowest BCUT2D eigenvalue weighted by molar-refractivity contribution is -0.137. The van der Waals surface area contributed by atoms with Gasteiger partial charge in [0.2, 0.25) is 0 Å². The summed E-state index contributed by atoms with van der Waals surface area (Å²) in [4.78, 5) is 4.74. The fourth-order valence-electron chi connectivity index (χ4n) is 4.02. The van der Waals surface area contributed by atoms with E-state index >= 15 is 0 Å². The van der Waals surface area contributed by atoms with Crippen molar-refractivity contribution in [2.45, 2.75) is 12.6 Å². The summed E-state index contributed by atoms with van der Waals surface area (Å²) in [5, 5.41) is 20.4. The van der Waals surface area contributed by atoms with Crippen LogP contribution < -0.4 is 0 Å². The van der Waals surface area contributed by atoms with Crippen molar-refractivity contribution < 1.29 is 23.4 Å². The zero-order valence-electron chi connectivity index (χ0n) is 16.1. The second-order valence-electron chi connectivity index (χ2n) is 7.49. The maximum absolute atomic E-state index is 13.0. The van der Waals surface area contributed by atoms with Gasteiger partial charge >= 0.3 is 6.18 Å². The van der Waals surface area contributed by atoms with Crippen molar-refractivity contribution in [2.75, 3.05) is 0 Å². The summed E-state index contributed by atoms with van der Waals surface area (Å²) in [5.41, 5.74) is 4.98. The smallest absolute Gasteiger partial charge is 0.416 e. The van der Waals surface area contributed by atoms with Crippen LogP contribution in [0.5, 0.6) is 11.5 Å². The van der Waals surface area contributed by atoms with Gasteiger partial charge in [-0.3, -0.25) is 0 Å². The topological polar surface area (TPSA) is 53.4 Å². The molecule has 2 N–H and O–H groups in total. The van der Waals surface area contributed by atoms with Gasteiger partial charge in [-0.1, -0.05) is 36.4 Å². The second-order valence-corrected chi connectivity index (χ2v) is 7.49. The molecule has 0 unspecified atom stereocenters. The van der Waals surface area contributed by atoms with E-state index in [0.717, 1.165) is 34.4 Å². The van der Waals surface area contributed by atoms with Crippen LogP contribution in [-0.2, 0) is 12.6 Å². The maximum Gasteiger partial charge on any atom is 0.416 e. The van der Waals surface area contributed by atoms with Gasteiger partial charge in [0, 0.05) is 23.1 Å². The Morgan fingerprint density at radius 1 is 0.774 bits per heavy atom. The van der Waals surface area contributed by atoms with Crippen LogP contribution >= 0.6 is 0 Å². The van der Waals surface area contributed by atoms with Gasteiger partial charge in [0.05, 0.1) is 17.0 Å². The summed E-state index contributed by atoms with van der Waals surface area (Å²) in [6, 6.07) is 18.6. The molecule has 0 aliphatic heterocycles. The number of alkyl halides is 3. The Morgan fingerprint density at radius 3 is 2.23 bits per heavy atom. The third-order valence-electron chi connectivity index (χ3n) is 5.54. The number of aromatic nitrogens is 1. The average molecular weight is 419 g/mol. The molecule has 5 rings (SSSR count). The van der Waals surface area contributed by atoms with Gasteiger partial charge in [0.25, 0.3) is 0 Å². The Morgan fingerprint density at radius 2 is 1.52 bits per heavy atom. The first kappa shape index (κ1) is 19.2. The van der Waals surface area contributed by atoms with Crippen LogP contribution in [0.25, 0.3) is 33.6 Å². The predicted octanol–water partition coefficient (Wildman–Crippen LogP) is 6.42. The summed E-state index contributed by atoms with van der Waals surface area (Å²) in [5.74, 6) is 0.213. The fourth-order valence-corrected chi connectivity index (χ4v) is 4.02. The molecule has 1 heterocycles. The molecule has 6 heteroatoms. The highest BCUT2D eigenvalue weighted by Gasteiger charge is 2.30. The standard InChI is InChI=1S/C25H16F3NO2/c26-25(27,28)16-8-5-14(6-9-16)22-13-20(18-3-1-2-4-23(18)31)21-11-15-7-10-17(30)12-19(15)24(21)29-22/h1-10,12-13,30-31H,11H2. The molecule has 1 aliphatic carbocycles. The van der Waals surface area contributed by atoms with E-state index in [1.165, 1.54) is 12.1 Å². The quantitative estimate of drug-likeness (QED) is 0.347. The minimum atomic E-state index is -4.42. The number of para-hydroxylation sites is 1. The molecule has 1 aliphatic rings. The van der Waals surface area contributed by atoms with E-state index in [2.05, 4.69) is 0 Å². The van der Waals surface area contributed by atoms with E-state index < -0.39 is 11.7 Å². The van der Waals surface area contributed by atoms with Crippen molar-refractivity contribution in [1.82, 2.24) is 4.98 Å². The number of phenolic OH excluding ortho intramolecular Hbond substituents is 2. The zero-order chi connectivity index (χ0) is 21.8. The highest BCUT2D eigenvalue weighted by molar-refractivity contribution is 5.87. The first-order chi connectivity index (χ1) is 14.8. The lowest BCUT2D eigenvalue weighted by Gasteiger charge is -2.14. The molecule has 0 saturated heterocycles. The Bertz CT molecular complexity index is 1310. The molecule has 3 nitrogen and oxygen atoms in total. The highest BCUT2D eigenvalue weighted by atomic mass is 19.4. The molecule has 0 saturated carbocycles. The molecule has 31 heavy (non-hydrogen) atoms. The Kier molecular flexibility index (Phi) is 4.25. The normalized spacial score (nSPS) is 12.5. The highest BCUT2D eigenvalue weighted by Crippen LogP contribution is 2.45. The molecule has 0 atom stereocenters. The number of nitrogens with zero attached hydrogens (tertiary/aromatic N) is 1. The van der Waals surface area contributed by atoms with Gasteiger partial charge in [-0.2, -0.15) is 13.2 Å². The van der Waals surface area contributed by atoms with E-state index in [4.69, 9.17) is 4.98 Å². The van der Waals surface area contributed by atoms with Crippen molar-refractivity contribution in [3.05, 3.63) is 89.5 Å². The monoisotopic (exact) mass is 419 g/mol. The summed E-state index contributed by atoms with van der Waals surface area (Å²) < 4.78 is 38.9. The first-order valence-electron chi connectivity index (χ1n) is 9.63. The predicted molar refractivity (Wildman–Crippen MR) is 112 cm³/mol. The number of fused-ring (bicyclic) bond motifs is 3. The minimum absolute atomic E-state index is 0.105. The summed E-state index contributed by atoms with van der Waals surface area (Å²) in [7, 11) is 0. The summed E-state index contributed by atoms with van der Waals surface area (Å²) in [6.07, 6.45) is -3.84. The van der Waals surface area contributed by atoms with Gasteiger partial charge in [-0.25, -0.2) is 4.98 Å². The van der Waals surface area contributed by atoms with Gasteiger partial charge in [-0.05, 0) is 53.1 Å². The third kappa shape index (κ3) is 3.30. The fraction of sp³-hybridized carbons (Fsp3) is 0.0800. The number of hydrogen-bond acceptors (Lipinski definition) is 3. The van der Waals surface area contributed by atoms with E-state index in [0.29, 0.717) is 28.9 Å². The number of aromatic hydroxyl groups is 2. The molecule has 0 bridgehead atoms. The van der Waals surface area contributed by atoms with Crippen molar-refractivity contribution >= 4 is 0 Å². The van der Waals surface area contributed by atoms with Crippen LogP contribution in [0.4, 0.5) is 13.2 Å². The van der Waals surface area contributed by atoms with Crippen molar-refractivity contribution in [3.63, 3.8) is 0 Å². The van der Waals surface area contributed by atoms with Crippen LogP contribution in [0.15, 0.2) is 72.8 Å². The average Bonchev–Trinajstić information content (AvgIpc) is 3.11. The van der Waals surface area contributed by atoms with Crippen molar-refractivity contribution in [2.24, 2.45) is 0 Å². The van der Waals surface area contributed by atoms with Crippen LogP contribution in [0, 0.1) is 0 Å². The minimum Gasteiger partial charge on any atom is -0.508 e.